The molecule has 3 N–H and O–H groups in total. The van der Waals surface area contributed by atoms with Crippen LogP contribution in [0.2, 0.25) is 0 Å². The molecule has 0 aromatic heterocycles. The highest BCUT2D eigenvalue weighted by molar-refractivity contribution is 5.91. The highest BCUT2D eigenvalue weighted by Crippen LogP contribution is 2.29. The predicted octanol–water partition coefficient (Wildman–Crippen LogP) is 2.39. The van der Waals surface area contributed by atoms with Gasteiger partial charge in [0.15, 0.2) is 0 Å². The van der Waals surface area contributed by atoms with Crippen LogP contribution in [0, 0.1) is 6.92 Å². The molecule has 104 valence electrons. The molecular formula is C16H16O4. The molecule has 0 aliphatic carbocycles. The van der Waals surface area contributed by atoms with Crippen LogP contribution in [0.1, 0.15) is 27.6 Å². The molecule has 4 nitrogen and oxygen atoms in total. The molecule has 0 heterocycles. The van der Waals surface area contributed by atoms with Gasteiger partial charge in [0.05, 0.1) is 12.2 Å². The summed E-state index contributed by atoms with van der Waals surface area (Å²) in [5.41, 5.74) is 2.61. The molecule has 0 radical (unpaired) electrons. The largest absolute Gasteiger partial charge is 0.478 e. The van der Waals surface area contributed by atoms with Gasteiger partial charge in [0.2, 0.25) is 0 Å². The normalized spacial score (nSPS) is 12.2. The Morgan fingerprint density at radius 3 is 2.35 bits per heavy atom. The minimum absolute atomic E-state index is 0.133. The molecule has 2 aromatic rings. The standard InChI is InChI=1S/C16H16O4/c1-10-13(15(18)9-17)7-12(8-14(10)16(19)20)11-5-3-2-4-6-11/h2-8,15,17-18H,9H2,1H3,(H,19,20). The van der Waals surface area contributed by atoms with Crippen LogP contribution in [0.3, 0.4) is 0 Å². The third-order valence-electron chi connectivity index (χ3n) is 3.32. The molecule has 1 atom stereocenters. The van der Waals surface area contributed by atoms with Crippen LogP contribution in [0.15, 0.2) is 42.5 Å². The van der Waals surface area contributed by atoms with Gasteiger partial charge in [-0.1, -0.05) is 30.3 Å². The molecule has 0 amide bonds. The highest BCUT2D eigenvalue weighted by Gasteiger charge is 2.18. The third-order valence-corrected chi connectivity index (χ3v) is 3.32. The average Bonchev–Trinajstić information content (AvgIpc) is 2.47. The molecule has 1 unspecified atom stereocenters. The van der Waals surface area contributed by atoms with Crippen molar-refractivity contribution in [1.82, 2.24) is 0 Å². The Morgan fingerprint density at radius 2 is 1.80 bits per heavy atom. The van der Waals surface area contributed by atoms with E-state index in [0.29, 0.717) is 16.7 Å². The highest BCUT2D eigenvalue weighted by atomic mass is 16.4. The monoisotopic (exact) mass is 272 g/mol. The van der Waals surface area contributed by atoms with Gasteiger partial charge in [0.25, 0.3) is 0 Å². The van der Waals surface area contributed by atoms with Gasteiger partial charge in [0.1, 0.15) is 6.10 Å². The molecule has 0 saturated carbocycles. The molecule has 0 saturated heterocycles. The molecule has 20 heavy (non-hydrogen) atoms. The number of aliphatic hydroxyl groups excluding tert-OH is 2. The van der Waals surface area contributed by atoms with E-state index in [1.807, 2.05) is 30.3 Å². The Morgan fingerprint density at radius 1 is 1.15 bits per heavy atom. The summed E-state index contributed by atoms with van der Waals surface area (Å²) >= 11 is 0. The lowest BCUT2D eigenvalue weighted by Gasteiger charge is -2.16. The van der Waals surface area contributed by atoms with Gasteiger partial charge < -0.3 is 15.3 Å². The van der Waals surface area contributed by atoms with E-state index in [0.717, 1.165) is 5.56 Å². The number of aliphatic hydroxyl groups is 2. The molecular weight excluding hydrogens is 256 g/mol. The van der Waals surface area contributed by atoms with Crippen LogP contribution >= 0.6 is 0 Å². The number of carboxylic acid groups (broad SMARTS) is 1. The number of carbonyl (C=O) groups is 1. The Bertz CT molecular complexity index is 620. The van der Waals surface area contributed by atoms with Gasteiger partial charge in [-0.15, -0.1) is 0 Å². The predicted molar refractivity (Wildman–Crippen MR) is 75.6 cm³/mol. The maximum atomic E-state index is 11.3. The maximum absolute atomic E-state index is 11.3. The molecule has 0 aliphatic heterocycles. The lowest BCUT2D eigenvalue weighted by atomic mass is 9.92. The van der Waals surface area contributed by atoms with E-state index in [9.17, 15) is 15.0 Å². The number of rotatable bonds is 4. The van der Waals surface area contributed by atoms with Crippen LogP contribution < -0.4 is 0 Å². The Labute approximate surface area is 116 Å². The summed E-state index contributed by atoms with van der Waals surface area (Å²) in [6, 6.07) is 12.6. The van der Waals surface area contributed by atoms with Crippen molar-refractivity contribution in [3.05, 3.63) is 59.2 Å². The summed E-state index contributed by atoms with van der Waals surface area (Å²) < 4.78 is 0. The van der Waals surface area contributed by atoms with Crippen LogP contribution in [-0.4, -0.2) is 27.9 Å². The second-order valence-corrected chi connectivity index (χ2v) is 4.61. The second kappa shape index (κ2) is 5.86. The lowest BCUT2D eigenvalue weighted by Crippen LogP contribution is -2.09. The second-order valence-electron chi connectivity index (χ2n) is 4.61. The fourth-order valence-electron chi connectivity index (χ4n) is 2.20. The van der Waals surface area contributed by atoms with Crippen LogP contribution in [0.4, 0.5) is 0 Å². The van der Waals surface area contributed by atoms with Crippen molar-refractivity contribution in [1.29, 1.82) is 0 Å². The zero-order chi connectivity index (χ0) is 14.7. The smallest absolute Gasteiger partial charge is 0.335 e. The summed E-state index contributed by atoms with van der Waals surface area (Å²) in [7, 11) is 0. The Hall–Kier alpha value is -2.17. The van der Waals surface area contributed by atoms with Crippen molar-refractivity contribution in [2.75, 3.05) is 6.61 Å². The first kappa shape index (κ1) is 14.2. The topological polar surface area (TPSA) is 77.8 Å². The Kier molecular flexibility index (Phi) is 4.17. The number of hydrogen-bond acceptors (Lipinski definition) is 3. The van der Waals surface area contributed by atoms with E-state index in [2.05, 4.69) is 0 Å². The molecule has 0 bridgehead atoms. The number of hydrogen-bond donors (Lipinski definition) is 3. The van der Waals surface area contributed by atoms with Crippen LogP contribution in [-0.2, 0) is 0 Å². The fourth-order valence-corrected chi connectivity index (χ4v) is 2.20. The zero-order valence-electron chi connectivity index (χ0n) is 11.1. The van der Waals surface area contributed by atoms with Gasteiger partial charge >= 0.3 is 5.97 Å². The van der Waals surface area contributed by atoms with E-state index in [4.69, 9.17) is 5.11 Å². The number of carboxylic acids is 1. The van der Waals surface area contributed by atoms with Crippen LogP contribution in [0.25, 0.3) is 11.1 Å². The molecule has 0 aliphatic rings. The fraction of sp³-hybridized carbons (Fsp3) is 0.188. The first-order valence-corrected chi connectivity index (χ1v) is 6.26. The van der Waals surface area contributed by atoms with Crippen LogP contribution in [0.5, 0.6) is 0 Å². The van der Waals surface area contributed by atoms with Crippen molar-refractivity contribution in [2.24, 2.45) is 0 Å². The van der Waals surface area contributed by atoms with Crippen molar-refractivity contribution in [3.63, 3.8) is 0 Å². The third kappa shape index (κ3) is 2.71. The zero-order valence-corrected chi connectivity index (χ0v) is 11.1. The van der Waals surface area contributed by atoms with Gasteiger partial charge in [-0.2, -0.15) is 0 Å². The van der Waals surface area contributed by atoms with Crippen molar-refractivity contribution in [2.45, 2.75) is 13.0 Å². The molecule has 4 heteroatoms. The van der Waals surface area contributed by atoms with E-state index in [1.54, 1.807) is 19.1 Å². The van der Waals surface area contributed by atoms with Gasteiger partial charge in [-0.05, 0) is 41.3 Å². The maximum Gasteiger partial charge on any atom is 0.335 e. The number of benzene rings is 2. The van der Waals surface area contributed by atoms with Crippen molar-refractivity contribution < 1.29 is 20.1 Å². The summed E-state index contributed by atoms with van der Waals surface area (Å²) in [5, 5.41) is 28.2. The van der Waals surface area contributed by atoms with Gasteiger partial charge in [-0.25, -0.2) is 4.79 Å². The lowest BCUT2D eigenvalue weighted by molar-refractivity contribution is 0.0694. The molecule has 2 rings (SSSR count). The SMILES string of the molecule is Cc1c(C(=O)O)cc(-c2ccccc2)cc1C(O)CO. The summed E-state index contributed by atoms with van der Waals surface area (Å²) in [6.45, 7) is 1.19. The summed E-state index contributed by atoms with van der Waals surface area (Å²) in [6.07, 6.45) is -1.09. The molecule has 0 fully saturated rings. The minimum Gasteiger partial charge on any atom is -0.478 e. The van der Waals surface area contributed by atoms with E-state index >= 15 is 0 Å². The molecule has 0 spiro atoms. The van der Waals surface area contributed by atoms with E-state index < -0.39 is 18.7 Å². The van der Waals surface area contributed by atoms with Gasteiger partial charge in [0, 0.05) is 0 Å². The summed E-state index contributed by atoms with van der Waals surface area (Å²) in [5.74, 6) is -1.05. The minimum atomic E-state index is -1.09. The van der Waals surface area contributed by atoms with Crippen molar-refractivity contribution in [3.8, 4) is 11.1 Å². The van der Waals surface area contributed by atoms with Gasteiger partial charge in [-0.3, -0.25) is 0 Å². The quantitative estimate of drug-likeness (QED) is 0.798. The first-order valence-electron chi connectivity index (χ1n) is 6.26. The number of aromatic carboxylic acids is 1. The van der Waals surface area contributed by atoms with E-state index in [-0.39, 0.29) is 5.56 Å². The summed E-state index contributed by atoms with van der Waals surface area (Å²) in [4.78, 5) is 11.3. The van der Waals surface area contributed by atoms with E-state index in [1.165, 1.54) is 0 Å². The average molecular weight is 272 g/mol. The molecule has 2 aromatic carbocycles. The van der Waals surface area contributed by atoms with Crippen molar-refractivity contribution >= 4 is 5.97 Å². The first-order chi connectivity index (χ1) is 9.54. The Balaban J connectivity index is 2.65.